The van der Waals surface area contributed by atoms with Gasteiger partial charge >= 0.3 is 0 Å². The molecule has 0 spiro atoms. The summed E-state index contributed by atoms with van der Waals surface area (Å²) in [4.78, 5) is 12.8. The van der Waals surface area contributed by atoms with E-state index in [4.69, 9.17) is 0 Å². The lowest BCUT2D eigenvalue weighted by molar-refractivity contribution is -0.129. The third-order valence-corrected chi connectivity index (χ3v) is 1.69. The topological polar surface area (TPSA) is 20.3 Å². The van der Waals surface area contributed by atoms with Gasteiger partial charge in [-0.1, -0.05) is 22.9 Å². The molecule has 0 fully saturated rings. The summed E-state index contributed by atoms with van der Waals surface area (Å²) in [7, 11) is 1.84. The number of alkyl halides is 1. The standard InChI is InChI=1S/C7H14BrNO/c1-3-6-9(2)7(10)4-5-8/h3-6H2,1-2H3. The molecule has 0 radical (unpaired) electrons. The number of rotatable bonds is 4. The van der Waals surface area contributed by atoms with Crippen LogP contribution in [-0.4, -0.2) is 29.7 Å². The molecule has 0 aliphatic heterocycles. The van der Waals surface area contributed by atoms with Gasteiger partial charge in [0.05, 0.1) is 0 Å². The quantitative estimate of drug-likeness (QED) is 0.643. The molecule has 0 aliphatic rings. The van der Waals surface area contributed by atoms with Crippen LogP contribution in [0.25, 0.3) is 0 Å². The van der Waals surface area contributed by atoms with E-state index in [1.807, 2.05) is 7.05 Å². The second-order valence-corrected chi connectivity index (χ2v) is 3.05. The van der Waals surface area contributed by atoms with Crippen LogP contribution in [-0.2, 0) is 4.79 Å². The lowest BCUT2D eigenvalue weighted by Gasteiger charge is -2.14. The molecule has 3 heteroatoms. The fraction of sp³-hybridized carbons (Fsp3) is 0.857. The van der Waals surface area contributed by atoms with Gasteiger partial charge in [0, 0.05) is 25.3 Å². The number of halogens is 1. The second-order valence-electron chi connectivity index (χ2n) is 2.25. The average molecular weight is 208 g/mol. The van der Waals surface area contributed by atoms with Crippen molar-refractivity contribution in [2.75, 3.05) is 18.9 Å². The maximum Gasteiger partial charge on any atom is 0.223 e. The van der Waals surface area contributed by atoms with Crippen LogP contribution >= 0.6 is 15.9 Å². The van der Waals surface area contributed by atoms with Crippen molar-refractivity contribution in [2.24, 2.45) is 0 Å². The van der Waals surface area contributed by atoms with E-state index >= 15 is 0 Å². The van der Waals surface area contributed by atoms with Gasteiger partial charge in [-0.25, -0.2) is 0 Å². The number of amides is 1. The third kappa shape index (κ3) is 3.88. The minimum Gasteiger partial charge on any atom is -0.346 e. The van der Waals surface area contributed by atoms with Gasteiger partial charge in [-0.3, -0.25) is 4.79 Å². The van der Waals surface area contributed by atoms with Crippen LogP contribution in [0.2, 0.25) is 0 Å². The number of carbonyl (C=O) groups is 1. The Hall–Kier alpha value is -0.0500. The predicted octanol–water partition coefficient (Wildman–Crippen LogP) is 1.64. The highest BCUT2D eigenvalue weighted by atomic mass is 79.9. The van der Waals surface area contributed by atoms with Crippen LogP contribution in [0.5, 0.6) is 0 Å². The van der Waals surface area contributed by atoms with Gasteiger partial charge in [-0.05, 0) is 6.42 Å². The SMILES string of the molecule is CCCN(C)C(=O)CCBr. The Labute approximate surface area is 70.7 Å². The van der Waals surface area contributed by atoms with Crippen LogP contribution in [0, 0.1) is 0 Å². The van der Waals surface area contributed by atoms with Crippen LogP contribution in [0.3, 0.4) is 0 Å². The Morgan fingerprint density at radius 3 is 2.60 bits per heavy atom. The van der Waals surface area contributed by atoms with E-state index in [-0.39, 0.29) is 5.91 Å². The Kier molecular flexibility index (Phi) is 5.69. The molecular formula is C7H14BrNO. The molecular weight excluding hydrogens is 194 g/mol. The lowest BCUT2D eigenvalue weighted by Crippen LogP contribution is -2.27. The number of nitrogens with zero attached hydrogens (tertiary/aromatic N) is 1. The smallest absolute Gasteiger partial charge is 0.223 e. The minimum absolute atomic E-state index is 0.221. The van der Waals surface area contributed by atoms with Crippen molar-refractivity contribution in [1.29, 1.82) is 0 Å². The summed E-state index contributed by atoms with van der Waals surface area (Å²) >= 11 is 3.22. The maximum atomic E-state index is 11.0. The lowest BCUT2D eigenvalue weighted by atomic mass is 10.4. The van der Waals surface area contributed by atoms with E-state index in [0.717, 1.165) is 18.3 Å². The molecule has 0 heterocycles. The van der Waals surface area contributed by atoms with Crippen LogP contribution < -0.4 is 0 Å². The molecule has 10 heavy (non-hydrogen) atoms. The molecule has 0 saturated carbocycles. The summed E-state index contributed by atoms with van der Waals surface area (Å²) in [5, 5.41) is 0.764. The highest BCUT2D eigenvalue weighted by Crippen LogP contribution is 1.95. The van der Waals surface area contributed by atoms with E-state index in [1.54, 1.807) is 4.90 Å². The highest BCUT2D eigenvalue weighted by Gasteiger charge is 2.04. The zero-order valence-corrected chi connectivity index (χ0v) is 8.15. The Bertz CT molecular complexity index is 106. The van der Waals surface area contributed by atoms with Gasteiger partial charge in [0.25, 0.3) is 0 Å². The molecule has 0 saturated heterocycles. The maximum absolute atomic E-state index is 11.0. The van der Waals surface area contributed by atoms with Crippen molar-refractivity contribution < 1.29 is 4.79 Å². The van der Waals surface area contributed by atoms with E-state index < -0.39 is 0 Å². The van der Waals surface area contributed by atoms with Gasteiger partial charge in [0.1, 0.15) is 0 Å². The van der Waals surface area contributed by atoms with Gasteiger partial charge in [0.15, 0.2) is 0 Å². The average Bonchev–Trinajstić information content (AvgIpc) is 1.89. The first kappa shape index (κ1) is 9.95. The zero-order valence-electron chi connectivity index (χ0n) is 6.56. The van der Waals surface area contributed by atoms with Gasteiger partial charge in [-0.2, -0.15) is 0 Å². The molecule has 0 aromatic carbocycles. The van der Waals surface area contributed by atoms with Crippen molar-refractivity contribution in [3.8, 4) is 0 Å². The molecule has 0 aliphatic carbocycles. The zero-order chi connectivity index (χ0) is 7.98. The van der Waals surface area contributed by atoms with Crippen molar-refractivity contribution in [3.05, 3.63) is 0 Å². The van der Waals surface area contributed by atoms with Crippen LogP contribution in [0.4, 0.5) is 0 Å². The molecule has 0 aromatic heterocycles. The summed E-state index contributed by atoms with van der Waals surface area (Å²) in [6.45, 7) is 2.93. The van der Waals surface area contributed by atoms with E-state index in [0.29, 0.717) is 6.42 Å². The summed E-state index contributed by atoms with van der Waals surface area (Å²) < 4.78 is 0. The highest BCUT2D eigenvalue weighted by molar-refractivity contribution is 9.09. The molecule has 2 nitrogen and oxygen atoms in total. The predicted molar refractivity (Wildman–Crippen MR) is 46.3 cm³/mol. The Balaban J connectivity index is 3.49. The summed E-state index contributed by atoms with van der Waals surface area (Å²) in [6, 6.07) is 0. The molecule has 0 aromatic rings. The fourth-order valence-electron chi connectivity index (χ4n) is 0.732. The molecule has 0 N–H and O–H groups in total. The first-order chi connectivity index (χ1) is 4.72. The van der Waals surface area contributed by atoms with Gasteiger partial charge in [-0.15, -0.1) is 0 Å². The molecule has 0 unspecified atom stereocenters. The van der Waals surface area contributed by atoms with E-state index in [9.17, 15) is 4.79 Å². The number of hydrogen-bond acceptors (Lipinski definition) is 1. The number of hydrogen-bond donors (Lipinski definition) is 0. The Morgan fingerprint density at radius 1 is 1.60 bits per heavy atom. The van der Waals surface area contributed by atoms with Crippen molar-refractivity contribution in [2.45, 2.75) is 19.8 Å². The monoisotopic (exact) mass is 207 g/mol. The molecule has 60 valence electrons. The molecule has 0 bridgehead atoms. The summed E-state index contributed by atoms with van der Waals surface area (Å²) in [6.07, 6.45) is 1.64. The minimum atomic E-state index is 0.221. The fourth-order valence-corrected chi connectivity index (χ4v) is 1.07. The summed E-state index contributed by atoms with van der Waals surface area (Å²) in [5.41, 5.74) is 0. The second kappa shape index (κ2) is 5.71. The molecule has 0 atom stereocenters. The third-order valence-electron chi connectivity index (χ3n) is 1.29. The first-order valence-electron chi connectivity index (χ1n) is 3.52. The summed E-state index contributed by atoms with van der Waals surface area (Å²) in [5.74, 6) is 0.221. The normalized spacial score (nSPS) is 9.50. The number of carbonyl (C=O) groups excluding carboxylic acids is 1. The van der Waals surface area contributed by atoms with Crippen molar-refractivity contribution in [1.82, 2.24) is 4.90 Å². The largest absolute Gasteiger partial charge is 0.346 e. The van der Waals surface area contributed by atoms with E-state index in [2.05, 4.69) is 22.9 Å². The molecule has 0 rings (SSSR count). The van der Waals surface area contributed by atoms with E-state index in [1.165, 1.54) is 0 Å². The first-order valence-corrected chi connectivity index (χ1v) is 4.64. The van der Waals surface area contributed by atoms with Crippen molar-refractivity contribution in [3.63, 3.8) is 0 Å². The Morgan fingerprint density at radius 2 is 2.20 bits per heavy atom. The van der Waals surface area contributed by atoms with Gasteiger partial charge < -0.3 is 4.90 Å². The van der Waals surface area contributed by atoms with Crippen LogP contribution in [0.15, 0.2) is 0 Å². The molecule has 1 amide bonds. The van der Waals surface area contributed by atoms with Gasteiger partial charge in [0.2, 0.25) is 5.91 Å². The van der Waals surface area contributed by atoms with Crippen LogP contribution in [0.1, 0.15) is 19.8 Å². The van der Waals surface area contributed by atoms with Crippen molar-refractivity contribution >= 4 is 21.8 Å².